The van der Waals surface area contributed by atoms with Gasteiger partial charge >= 0.3 is 11.7 Å². The number of fused-ring (bicyclic) bond motifs is 1. The Kier molecular flexibility index (Phi) is 4.16. The Hall–Kier alpha value is -4.22. The number of imidazole rings is 1. The number of aromatic amines is 3. The zero-order valence-corrected chi connectivity index (χ0v) is 15.5. The summed E-state index contributed by atoms with van der Waals surface area (Å²) in [5.41, 5.74) is 0.730. The molecule has 0 spiro atoms. The second kappa shape index (κ2) is 6.99. The molecule has 1 fully saturated rings. The molecule has 0 amide bonds. The number of hydrogen-bond acceptors (Lipinski definition) is 8. The molecule has 0 unspecified atom stereocenters. The number of aromatic hydroxyl groups is 1. The van der Waals surface area contributed by atoms with Crippen molar-refractivity contribution in [1.29, 1.82) is 0 Å². The van der Waals surface area contributed by atoms with E-state index < -0.39 is 5.69 Å². The molecule has 0 aromatic carbocycles. The van der Waals surface area contributed by atoms with Crippen molar-refractivity contribution < 1.29 is 9.84 Å². The van der Waals surface area contributed by atoms with Gasteiger partial charge in [0.05, 0.1) is 17.9 Å². The highest BCUT2D eigenvalue weighted by Crippen LogP contribution is 2.22. The minimum Gasteiger partial charge on any atom is -0.493 e. The van der Waals surface area contributed by atoms with Crippen molar-refractivity contribution >= 4 is 11.7 Å². The number of H-pyrrole nitrogens is 3. The molecule has 152 valence electrons. The topological polar surface area (TPSA) is 166 Å². The maximum Gasteiger partial charge on any atom is 0.326 e. The summed E-state index contributed by atoms with van der Waals surface area (Å²) < 4.78 is 7.15. The fraction of sp³-hybridized carbons (Fsp3) is 0.222. The number of nitrogens with zero attached hydrogens (tertiary/aromatic N) is 5. The first kappa shape index (κ1) is 17.8. The highest BCUT2D eigenvalue weighted by molar-refractivity contribution is 5.56. The summed E-state index contributed by atoms with van der Waals surface area (Å²) >= 11 is 0. The lowest BCUT2D eigenvalue weighted by atomic mass is 10.3. The van der Waals surface area contributed by atoms with Crippen LogP contribution in [0.4, 0.5) is 0 Å². The molecule has 4 heterocycles. The van der Waals surface area contributed by atoms with E-state index >= 15 is 0 Å². The molecule has 4 aromatic heterocycles. The van der Waals surface area contributed by atoms with Gasteiger partial charge in [0.25, 0.3) is 5.62 Å². The van der Waals surface area contributed by atoms with E-state index in [1.54, 1.807) is 12.1 Å². The Morgan fingerprint density at radius 3 is 2.83 bits per heavy atom. The van der Waals surface area contributed by atoms with Crippen LogP contribution in [0.1, 0.15) is 24.2 Å². The third-order valence-electron chi connectivity index (χ3n) is 4.42. The Morgan fingerprint density at radius 1 is 1.23 bits per heavy atom. The normalized spacial score (nSPS) is 15.2. The molecule has 0 radical (unpaired) electrons. The van der Waals surface area contributed by atoms with Gasteiger partial charge in [-0.05, 0) is 25.0 Å². The van der Waals surface area contributed by atoms with Gasteiger partial charge in [0.1, 0.15) is 12.3 Å². The molecular formula is C18H16N8O4. The first-order valence-electron chi connectivity index (χ1n) is 9.19. The van der Waals surface area contributed by atoms with Crippen molar-refractivity contribution in [1.82, 2.24) is 34.5 Å². The van der Waals surface area contributed by atoms with Gasteiger partial charge in [-0.15, -0.1) is 0 Å². The molecule has 1 saturated carbocycles. The molecule has 0 saturated heterocycles. The van der Waals surface area contributed by atoms with Crippen LogP contribution in [-0.2, 0) is 6.61 Å². The van der Waals surface area contributed by atoms with Crippen LogP contribution < -0.4 is 26.8 Å². The van der Waals surface area contributed by atoms with E-state index in [0.717, 1.165) is 12.8 Å². The second-order valence-corrected chi connectivity index (χ2v) is 6.82. The zero-order chi connectivity index (χ0) is 20.7. The average Bonchev–Trinajstić information content (AvgIpc) is 3.35. The van der Waals surface area contributed by atoms with Crippen LogP contribution in [0.5, 0.6) is 11.9 Å². The first-order chi connectivity index (χ1) is 14.5. The predicted molar refractivity (Wildman–Crippen MR) is 103 cm³/mol. The molecule has 0 bridgehead atoms. The molecule has 0 aliphatic heterocycles. The van der Waals surface area contributed by atoms with Gasteiger partial charge in [0, 0.05) is 11.3 Å². The number of nitrogens with one attached hydrogen (secondary N) is 3. The number of aromatic nitrogens is 7. The van der Waals surface area contributed by atoms with Crippen molar-refractivity contribution in [2.24, 2.45) is 4.99 Å². The smallest absolute Gasteiger partial charge is 0.326 e. The van der Waals surface area contributed by atoms with Crippen molar-refractivity contribution in [2.45, 2.75) is 25.5 Å². The van der Waals surface area contributed by atoms with Crippen molar-refractivity contribution in [3.05, 3.63) is 67.5 Å². The van der Waals surface area contributed by atoms with Crippen molar-refractivity contribution in [2.75, 3.05) is 0 Å². The summed E-state index contributed by atoms with van der Waals surface area (Å²) in [6.07, 6.45) is 5.01. The van der Waals surface area contributed by atoms with Crippen LogP contribution in [0.25, 0.3) is 11.7 Å². The summed E-state index contributed by atoms with van der Waals surface area (Å²) in [7, 11) is 0. The highest BCUT2D eigenvalue weighted by Gasteiger charge is 2.21. The van der Waals surface area contributed by atoms with E-state index in [1.807, 2.05) is 0 Å². The summed E-state index contributed by atoms with van der Waals surface area (Å²) in [5, 5.41) is 14.6. The van der Waals surface area contributed by atoms with Gasteiger partial charge in [-0.1, -0.05) is 6.07 Å². The molecule has 4 aromatic rings. The number of hydrogen-bond donors (Lipinski definition) is 4. The maximum absolute atomic E-state index is 11.5. The van der Waals surface area contributed by atoms with Crippen LogP contribution in [-0.4, -0.2) is 45.7 Å². The van der Waals surface area contributed by atoms with E-state index in [0.29, 0.717) is 22.2 Å². The fourth-order valence-electron chi connectivity index (χ4n) is 2.85. The monoisotopic (exact) mass is 408 g/mol. The molecule has 12 heteroatoms. The van der Waals surface area contributed by atoms with Gasteiger partial charge < -0.3 is 19.8 Å². The number of rotatable bonds is 5. The molecule has 0 atom stereocenters. The molecule has 4 N–H and O–H groups in total. The molecular weight excluding hydrogens is 392 g/mol. The minimum atomic E-state index is -0.532. The third kappa shape index (κ3) is 3.57. The van der Waals surface area contributed by atoms with E-state index in [9.17, 15) is 14.7 Å². The van der Waals surface area contributed by atoms with Gasteiger partial charge in [-0.25, -0.2) is 9.79 Å². The van der Waals surface area contributed by atoms with Gasteiger partial charge in [0.15, 0.2) is 5.65 Å². The number of ether oxygens (including phenoxy) is 1. The Labute approximate surface area is 166 Å². The van der Waals surface area contributed by atoms with E-state index in [2.05, 4.69) is 35.0 Å². The lowest BCUT2D eigenvalue weighted by molar-refractivity contribution is 0.274. The van der Waals surface area contributed by atoms with Gasteiger partial charge in [0.2, 0.25) is 11.4 Å². The SMILES string of the molecule is O=c1cccc(COc2nc(=NC3CC3)n3nc/c(=C\c4[nH]c(=O)[nH]c4O)c3n2)[nH]1. The average molecular weight is 408 g/mol. The van der Waals surface area contributed by atoms with E-state index in [4.69, 9.17) is 4.74 Å². The quantitative estimate of drug-likeness (QED) is 0.319. The summed E-state index contributed by atoms with van der Waals surface area (Å²) in [6, 6.07) is 5.01. The van der Waals surface area contributed by atoms with Crippen LogP contribution in [0.3, 0.4) is 0 Å². The van der Waals surface area contributed by atoms with Crippen LogP contribution in [0.2, 0.25) is 0 Å². The largest absolute Gasteiger partial charge is 0.493 e. The summed E-state index contributed by atoms with van der Waals surface area (Å²) in [5.74, 6) is -0.291. The van der Waals surface area contributed by atoms with E-state index in [1.165, 1.54) is 22.9 Å². The fourth-order valence-corrected chi connectivity index (χ4v) is 2.85. The van der Waals surface area contributed by atoms with Crippen LogP contribution in [0, 0.1) is 0 Å². The molecule has 1 aliphatic rings. The lowest BCUT2D eigenvalue weighted by Gasteiger charge is -2.04. The van der Waals surface area contributed by atoms with Gasteiger partial charge in [-0.3, -0.25) is 9.78 Å². The Bertz CT molecular complexity index is 1470. The zero-order valence-electron chi connectivity index (χ0n) is 15.5. The number of pyridine rings is 1. The first-order valence-corrected chi connectivity index (χ1v) is 9.19. The highest BCUT2D eigenvalue weighted by atomic mass is 16.5. The Morgan fingerprint density at radius 2 is 2.10 bits per heavy atom. The van der Waals surface area contributed by atoms with Crippen LogP contribution in [0.15, 0.2) is 39.0 Å². The maximum atomic E-state index is 11.5. The Balaban J connectivity index is 1.60. The standard InChI is InChI=1S/C18H16N8O4/c27-13-3-1-2-11(20-13)8-30-18-23-14-9(6-12-15(28)24-17(29)22-12)7-19-26(14)16(25-18)21-10-4-5-10/h1-3,6-7,10,28H,4-5,8H2,(H,20,27)(H2,22,24,29)/b9-6+,21-16?. The minimum absolute atomic E-state index is 0.0635. The molecule has 12 nitrogen and oxygen atoms in total. The van der Waals surface area contributed by atoms with Crippen molar-refractivity contribution in [3.8, 4) is 11.9 Å². The lowest BCUT2D eigenvalue weighted by Crippen LogP contribution is -2.24. The van der Waals surface area contributed by atoms with E-state index in [-0.39, 0.29) is 35.8 Å². The summed E-state index contributed by atoms with van der Waals surface area (Å²) in [4.78, 5) is 43.5. The summed E-state index contributed by atoms with van der Waals surface area (Å²) in [6.45, 7) is 0.0637. The molecule has 30 heavy (non-hydrogen) atoms. The second-order valence-electron chi connectivity index (χ2n) is 6.82. The molecule has 5 rings (SSSR count). The predicted octanol–water partition coefficient (Wildman–Crippen LogP) is -1.28. The molecule has 1 aliphatic carbocycles. The van der Waals surface area contributed by atoms with Crippen molar-refractivity contribution in [3.63, 3.8) is 0 Å². The van der Waals surface area contributed by atoms with Crippen LogP contribution >= 0.6 is 0 Å². The third-order valence-corrected chi connectivity index (χ3v) is 4.42. The van der Waals surface area contributed by atoms with Gasteiger partial charge in [-0.2, -0.15) is 19.6 Å².